The van der Waals surface area contributed by atoms with Gasteiger partial charge in [-0.1, -0.05) is 11.6 Å². The fourth-order valence-corrected chi connectivity index (χ4v) is 6.69. The Kier molecular flexibility index (Phi) is 6.07. The average Bonchev–Trinajstić information content (AvgIpc) is 3.11. The molecular weight excluding hydrogens is 426 g/mol. The second kappa shape index (κ2) is 7.91. The van der Waals surface area contributed by atoms with Gasteiger partial charge in [0.1, 0.15) is 4.90 Å². The number of sulfone groups is 1. The number of primary amides is 1. The number of hydrogen-bond acceptors (Lipinski definition) is 6. The van der Waals surface area contributed by atoms with E-state index in [9.17, 15) is 21.6 Å². The van der Waals surface area contributed by atoms with E-state index in [1.807, 2.05) is 0 Å². The Hall–Kier alpha value is -1.20. The van der Waals surface area contributed by atoms with Gasteiger partial charge in [0.25, 0.3) is 0 Å². The minimum absolute atomic E-state index is 0.0112. The third kappa shape index (κ3) is 4.20. The molecule has 1 unspecified atom stereocenters. The van der Waals surface area contributed by atoms with E-state index < -0.39 is 19.9 Å². The summed E-state index contributed by atoms with van der Waals surface area (Å²) in [5.41, 5.74) is 5.48. The molecule has 3 rings (SSSR count). The Morgan fingerprint density at radius 2 is 1.75 bits per heavy atom. The monoisotopic (exact) mass is 449 g/mol. The van der Waals surface area contributed by atoms with Gasteiger partial charge in [-0.05, 0) is 50.4 Å². The first-order valence-corrected chi connectivity index (χ1v) is 12.8. The standard InChI is InChI=1S/C17H24ClN3O5S2/c1-27(23,24)13-4-5-14(18)16(11-13)28(25,26)20-9-6-12(7-10-20)21-8-2-3-15(21)17(19)22/h4-5,11-12,15H,2-3,6-10H2,1H3,(H2,19,22). The molecular formula is C17H24ClN3O5S2. The zero-order valence-electron chi connectivity index (χ0n) is 15.5. The van der Waals surface area contributed by atoms with E-state index in [1.54, 1.807) is 0 Å². The first-order valence-electron chi connectivity index (χ1n) is 9.06. The van der Waals surface area contributed by atoms with Crippen molar-refractivity contribution in [3.63, 3.8) is 0 Å². The Balaban J connectivity index is 1.78. The van der Waals surface area contributed by atoms with Crippen LogP contribution in [0.5, 0.6) is 0 Å². The minimum atomic E-state index is -3.93. The molecule has 1 aromatic rings. The van der Waals surface area contributed by atoms with Gasteiger partial charge in [-0.15, -0.1) is 0 Å². The Labute approximate surface area is 170 Å². The third-order valence-electron chi connectivity index (χ3n) is 5.46. The number of halogens is 1. The van der Waals surface area contributed by atoms with E-state index in [4.69, 9.17) is 17.3 Å². The fraction of sp³-hybridized carbons (Fsp3) is 0.588. The van der Waals surface area contributed by atoms with Gasteiger partial charge in [-0.25, -0.2) is 16.8 Å². The second-order valence-electron chi connectivity index (χ2n) is 7.30. The number of carbonyl (C=O) groups is 1. The summed E-state index contributed by atoms with van der Waals surface area (Å²) in [7, 11) is -7.48. The molecule has 1 aromatic carbocycles. The van der Waals surface area contributed by atoms with Crippen LogP contribution in [0.3, 0.4) is 0 Å². The summed E-state index contributed by atoms with van der Waals surface area (Å²) in [6.07, 6.45) is 3.81. The van der Waals surface area contributed by atoms with Crippen LogP contribution in [0.15, 0.2) is 28.0 Å². The van der Waals surface area contributed by atoms with Gasteiger partial charge in [0, 0.05) is 25.4 Å². The molecule has 0 radical (unpaired) electrons. The van der Waals surface area contributed by atoms with Crippen LogP contribution in [0.1, 0.15) is 25.7 Å². The SMILES string of the molecule is CS(=O)(=O)c1ccc(Cl)c(S(=O)(=O)N2CCC(N3CCCC3C(N)=O)CC2)c1. The smallest absolute Gasteiger partial charge is 0.244 e. The van der Waals surface area contributed by atoms with Crippen molar-refractivity contribution in [1.29, 1.82) is 0 Å². The van der Waals surface area contributed by atoms with Crippen molar-refractivity contribution in [3.05, 3.63) is 23.2 Å². The summed E-state index contributed by atoms with van der Waals surface area (Å²) in [4.78, 5) is 13.4. The highest BCUT2D eigenvalue weighted by Crippen LogP contribution is 2.31. The summed E-state index contributed by atoms with van der Waals surface area (Å²) in [5.74, 6) is -0.336. The van der Waals surface area contributed by atoms with Crippen molar-refractivity contribution in [2.24, 2.45) is 5.73 Å². The number of amides is 1. The molecule has 2 aliphatic rings. The van der Waals surface area contributed by atoms with Crippen LogP contribution in [0, 0.1) is 0 Å². The molecule has 0 bridgehead atoms. The molecule has 2 aliphatic heterocycles. The molecule has 156 valence electrons. The molecule has 0 saturated carbocycles. The van der Waals surface area contributed by atoms with Gasteiger partial charge >= 0.3 is 0 Å². The van der Waals surface area contributed by atoms with Crippen molar-refractivity contribution >= 4 is 37.4 Å². The number of nitrogens with two attached hydrogens (primary N) is 1. The van der Waals surface area contributed by atoms with Crippen LogP contribution in [0.4, 0.5) is 0 Å². The fourth-order valence-electron chi connectivity index (χ4n) is 4.00. The summed E-state index contributed by atoms with van der Waals surface area (Å²) in [5, 5.41) is -0.0112. The van der Waals surface area contributed by atoms with E-state index in [-0.39, 0.29) is 45.9 Å². The molecule has 2 fully saturated rings. The lowest BCUT2D eigenvalue weighted by Gasteiger charge is -2.38. The van der Waals surface area contributed by atoms with E-state index in [2.05, 4.69) is 4.90 Å². The van der Waals surface area contributed by atoms with Gasteiger partial charge in [0.15, 0.2) is 9.84 Å². The van der Waals surface area contributed by atoms with Crippen LogP contribution in [-0.2, 0) is 24.7 Å². The minimum Gasteiger partial charge on any atom is -0.368 e. The van der Waals surface area contributed by atoms with Crippen LogP contribution in [0.25, 0.3) is 0 Å². The number of likely N-dealkylation sites (tertiary alicyclic amines) is 1. The van der Waals surface area contributed by atoms with Crippen molar-refractivity contribution in [1.82, 2.24) is 9.21 Å². The number of rotatable bonds is 5. The molecule has 28 heavy (non-hydrogen) atoms. The molecule has 2 saturated heterocycles. The molecule has 0 spiro atoms. The van der Waals surface area contributed by atoms with E-state index >= 15 is 0 Å². The zero-order valence-corrected chi connectivity index (χ0v) is 17.9. The normalized spacial score (nSPS) is 23.1. The maximum atomic E-state index is 13.0. The van der Waals surface area contributed by atoms with Crippen molar-refractivity contribution in [2.75, 3.05) is 25.9 Å². The highest BCUT2D eigenvalue weighted by molar-refractivity contribution is 7.91. The lowest BCUT2D eigenvalue weighted by atomic mass is 10.0. The topological polar surface area (TPSA) is 118 Å². The number of nitrogens with zero attached hydrogens (tertiary/aromatic N) is 2. The quantitative estimate of drug-likeness (QED) is 0.711. The first kappa shape index (κ1) is 21.5. The number of sulfonamides is 1. The van der Waals surface area contributed by atoms with Crippen LogP contribution in [0.2, 0.25) is 5.02 Å². The van der Waals surface area contributed by atoms with Gasteiger partial charge in [-0.2, -0.15) is 4.31 Å². The van der Waals surface area contributed by atoms with Crippen molar-refractivity contribution in [3.8, 4) is 0 Å². The summed E-state index contributed by atoms with van der Waals surface area (Å²) in [6.45, 7) is 1.33. The largest absolute Gasteiger partial charge is 0.368 e. The zero-order chi connectivity index (χ0) is 20.7. The van der Waals surface area contributed by atoms with Crippen molar-refractivity contribution < 1.29 is 21.6 Å². The van der Waals surface area contributed by atoms with E-state index in [0.29, 0.717) is 12.8 Å². The van der Waals surface area contributed by atoms with Gasteiger partial charge in [-0.3, -0.25) is 9.69 Å². The van der Waals surface area contributed by atoms with Crippen molar-refractivity contribution in [2.45, 2.75) is 47.6 Å². The number of carbonyl (C=O) groups excluding carboxylic acids is 1. The maximum absolute atomic E-state index is 13.0. The maximum Gasteiger partial charge on any atom is 0.244 e. The number of piperidine rings is 1. The molecule has 11 heteroatoms. The average molecular weight is 450 g/mol. The van der Waals surface area contributed by atoms with Gasteiger partial charge in [0.2, 0.25) is 15.9 Å². The molecule has 8 nitrogen and oxygen atoms in total. The van der Waals surface area contributed by atoms with Gasteiger partial charge in [0.05, 0.1) is 16.0 Å². The second-order valence-corrected chi connectivity index (χ2v) is 11.6. The van der Waals surface area contributed by atoms with E-state index in [1.165, 1.54) is 16.4 Å². The third-order valence-corrected chi connectivity index (χ3v) is 8.95. The van der Waals surface area contributed by atoms with Crippen LogP contribution < -0.4 is 5.73 Å². The first-order chi connectivity index (χ1) is 13.0. The Bertz CT molecular complexity index is 973. The van der Waals surface area contributed by atoms with Gasteiger partial charge < -0.3 is 5.73 Å². The number of benzene rings is 1. The van der Waals surface area contributed by atoms with Crippen LogP contribution in [-0.4, -0.2) is 69.9 Å². The molecule has 0 aromatic heterocycles. The Morgan fingerprint density at radius 1 is 1.11 bits per heavy atom. The predicted octanol–water partition coefficient (Wildman–Crippen LogP) is 0.846. The molecule has 1 atom stereocenters. The summed E-state index contributed by atoms with van der Waals surface area (Å²) < 4.78 is 51.0. The molecule has 0 aliphatic carbocycles. The van der Waals surface area contributed by atoms with E-state index in [0.717, 1.165) is 31.7 Å². The molecule has 1 amide bonds. The number of hydrogen-bond donors (Lipinski definition) is 1. The lowest BCUT2D eigenvalue weighted by Crippen LogP contribution is -2.51. The summed E-state index contributed by atoms with van der Waals surface area (Å²) >= 11 is 6.08. The highest BCUT2D eigenvalue weighted by Gasteiger charge is 2.38. The highest BCUT2D eigenvalue weighted by atomic mass is 35.5. The van der Waals surface area contributed by atoms with Crippen LogP contribution >= 0.6 is 11.6 Å². The molecule has 2 N–H and O–H groups in total. The molecule has 2 heterocycles. The predicted molar refractivity (Wildman–Crippen MR) is 105 cm³/mol. The summed E-state index contributed by atoms with van der Waals surface area (Å²) in [6, 6.07) is 3.51. The Morgan fingerprint density at radius 3 is 2.32 bits per heavy atom. The lowest BCUT2D eigenvalue weighted by molar-refractivity contribution is -0.123.